The zero-order chi connectivity index (χ0) is 21.3. The minimum absolute atomic E-state index is 0.128. The molecule has 0 saturated heterocycles. The molecule has 1 aliphatic rings. The van der Waals surface area contributed by atoms with Gasteiger partial charge in [0.05, 0.1) is 13.2 Å². The molecular formula is C24H28N4O3. The zero-order valence-corrected chi connectivity index (χ0v) is 17.7. The van der Waals surface area contributed by atoms with Crippen LogP contribution >= 0.6 is 0 Å². The van der Waals surface area contributed by atoms with Gasteiger partial charge in [0.15, 0.2) is 0 Å². The van der Waals surface area contributed by atoms with E-state index in [1.54, 1.807) is 11.0 Å². The first-order valence-electron chi connectivity index (χ1n) is 10.7. The van der Waals surface area contributed by atoms with Crippen molar-refractivity contribution in [3.05, 3.63) is 77.9 Å². The summed E-state index contributed by atoms with van der Waals surface area (Å²) < 4.78 is 13.4. The van der Waals surface area contributed by atoms with Crippen LogP contribution in [0.5, 0.6) is 5.75 Å². The molecule has 162 valence electrons. The van der Waals surface area contributed by atoms with Crippen molar-refractivity contribution in [2.24, 2.45) is 0 Å². The maximum Gasteiger partial charge on any atom is 0.223 e. The highest BCUT2D eigenvalue weighted by Crippen LogP contribution is 2.22. The number of nitrogens with zero attached hydrogens (tertiary/aromatic N) is 4. The number of carbonyl (C=O) groups is 1. The summed E-state index contributed by atoms with van der Waals surface area (Å²) in [5, 5.41) is 4.09. The second-order valence-electron chi connectivity index (χ2n) is 7.64. The first-order valence-corrected chi connectivity index (χ1v) is 10.7. The summed E-state index contributed by atoms with van der Waals surface area (Å²) in [4.78, 5) is 18.8. The summed E-state index contributed by atoms with van der Waals surface area (Å²) in [6.45, 7) is 3.29. The fourth-order valence-electron chi connectivity index (χ4n) is 3.75. The number of hydrogen-bond donors (Lipinski definition) is 0. The van der Waals surface area contributed by atoms with Gasteiger partial charge in [0.1, 0.15) is 25.0 Å². The number of aryl methyl sites for hydroxylation is 1. The van der Waals surface area contributed by atoms with Crippen molar-refractivity contribution < 1.29 is 14.3 Å². The number of benzene rings is 2. The third kappa shape index (κ3) is 6.15. The number of rotatable bonds is 4. The molecule has 0 unspecified atom stereocenters. The van der Waals surface area contributed by atoms with Gasteiger partial charge in [0, 0.05) is 32.5 Å². The number of hydrogen-bond acceptors (Lipinski definition) is 5. The Morgan fingerprint density at radius 3 is 2.84 bits per heavy atom. The van der Waals surface area contributed by atoms with Crippen molar-refractivity contribution >= 4 is 5.91 Å². The number of amides is 1. The largest absolute Gasteiger partial charge is 0.491 e. The summed E-state index contributed by atoms with van der Waals surface area (Å²) >= 11 is 0. The SMILES string of the molecule is O=C(CCCn1cncn1)N1CCOCCOc2ccccc2Cc2cccc(c2)C1. The van der Waals surface area contributed by atoms with Crippen LogP contribution in [0, 0.1) is 0 Å². The quantitative estimate of drug-likeness (QED) is 0.649. The van der Waals surface area contributed by atoms with E-state index in [-0.39, 0.29) is 5.91 Å². The Balaban J connectivity index is 1.46. The normalized spacial score (nSPS) is 14.9. The van der Waals surface area contributed by atoms with Crippen molar-refractivity contribution in [1.82, 2.24) is 19.7 Å². The first kappa shape index (κ1) is 21.1. The van der Waals surface area contributed by atoms with Crippen LogP contribution in [0.4, 0.5) is 0 Å². The third-order valence-electron chi connectivity index (χ3n) is 5.32. The molecule has 0 atom stereocenters. The van der Waals surface area contributed by atoms with Crippen LogP contribution in [-0.2, 0) is 29.0 Å². The Hall–Kier alpha value is -3.19. The summed E-state index contributed by atoms with van der Waals surface area (Å²) in [6.07, 6.45) is 5.16. The predicted molar refractivity (Wildman–Crippen MR) is 117 cm³/mol. The molecule has 31 heavy (non-hydrogen) atoms. The lowest BCUT2D eigenvalue weighted by molar-refractivity contribution is -0.132. The fourth-order valence-corrected chi connectivity index (χ4v) is 3.75. The molecule has 0 saturated carbocycles. The molecule has 7 heteroatoms. The number of para-hydroxylation sites is 1. The van der Waals surface area contributed by atoms with Crippen LogP contribution in [0.15, 0.2) is 61.2 Å². The lowest BCUT2D eigenvalue weighted by Crippen LogP contribution is -2.34. The van der Waals surface area contributed by atoms with Gasteiger partial charge in [-0.05, 0) is 29.2 Å². The predicted octanol–water partition coefficient (Wildman–Crippen LogP) is 3.09. The Morgan fingerprint density at radius 2 is 1.94 bits per heavy atom. The van der Waals surface area contributed by atoms with E-state index in [0.29, 0.717) is 45.9 Å². The van der Waals surface area contributed by atoms with Crippen molar-refractivity contribution in [1.29, 1.82) is 0 Å². The highest BCUT2D eigenvalue weighted by Gasteiger charge is 2.15. The number of fused-ring (bicyclic) bond motifs is 3. The Kier molecular flexibility index (Phi) is 7.28. The molecule has 1 aromatic heterocycles. The molecule has 1 aliphatic heterocycles. The monoisotopic (exact) mass is 420 g/mol. The summed E-state index contributed by atoms with van der Waals surface area (Å²) in [6, 6.07) is 16.6. The zero-order valence-electron chi connectivity index (χ0n) is 17.7. The standard InChI is InChI=1S/C24H28N4O3/c29-24(9-4-10-28-19-25-18-26-28)27-11-12-30-13-14-31-23-8-2-1-7-22(23)16-20-5-3-6-21(15-20)17-27/h1-3,5-8,15,18-19H,4,9-14,16-17H2. The molecule has 1 amide bonds. The second kappa shape index (κ2) is 10.7. The van der Waals surface area contributed by atoms with Crippen LogP contribution in [0.1, 0.15) is 29.5 Å². The number of ether oxygens (including phenoxy) is 2. The van der Waals surface area contributed by atoms with E-state index in [1.807, 2.05) is 23.1 Å². The maximum absolute atomic E-state index is 12.9. The molecule has 4 rings (SSSR count). The van der Waals surface area contributed by atoms with Crippen LogP contribution in [0.25, 0.3) is 0 Å². The minimum Gasteiger partial charge on any atom is -0.491 e. The fraction of sp³-hybridized carbons (Fsp3) is 0.375. The summed E-state index contributed by atoms with van der Waals surface area (Å²) in [5.41, 5.74) is 3.48. The lowest BCUT2D eigenvalue weighted by atomic mass is 10.0. The molecule has 2 heterocycles. The molecule has 2 bridgehead atoms. The lowest BCUT2D eigenvalue weighted by Gasteiger charge is -2.24. The molecule has 2 aromatic carbocycles. The van der Waals surface area contributed by atoms with Crippen molar-refractivity contribution in [3.63, 3.8) is 0 Å². The van der Waals surface area contributed by atoms with Gasteiger partial charge < -0.3 is 14.4 Å². The van der Waals surface area contributed by atoms with Gasteiger partial charge in [0.2, 0.25) is 5.91 Å². The third-order valence-corrected chi connectivity index (χ3v) is 5.32. The second-order valence-corrected chi connectivity index (χ2v) is 7.64. The van der Waals surface area contributed by atoms with Crippen molar-refractivity contribution in [3.8, 4) is 5.75 Å². The first-order chi connectivity index (χ1) is 15.3. The molecule has 0 radical (unpaired) electrons. The van der Waals surface area contributed by atoms with Crippen molar-refractivity contribution in [2.45, 2.75) is 32.4 Å². The van der Waals surface area contributed by atoms with Crippen LogP contribution in [0.2, 0.25) is 0 Å². The van der Waals surface area contributed by atoms with E-state index < -0.39 is 0 Å². The summed E-state index contributed by atoms with van der Waals surface area (Å²) in [5.74, 6) is 1.03. The van der Waals surface area contributed by atoms with Gasteiger partial charge in [-0.3, -0.25) is 9.48 Å². The molecule has 0 fully saturated rings. The average molecular weight is 421 g/mol. The highest BCUT2D eigenvalue weighted by molar-refractivity contribution is 5.76. The van der Waals surface area contributed by atoms with E-state index >= 15 is 0 Å². The van der Waals surface area contributed by atoms with E-state index in [9.17, 15) is 4.79 Å². The van der Waals surface area contributed by atoms with E-state index in [1.165, 1.54) is 11.9 Å². The average Bonchev–Trinajstić information content (AvgIpc) is 3.29. The highest BCUT2D eigenvalue weighted by atomic mass is 16.5. The molecular weight excluding hydrogens is 392 g/mol. The Bertz CT molecular complexity index is 974. The minimum atomic E-state index is 0.128. The van der Waals surface area contributed by atoms with Gasteiger partial charge in [-0.25, -0.2) is 4.98 Å². The van der Waals surface area contributed by atoms with Crippen LogP contribution in [0.3, 0.4) is 0 Å². The molecule has 0 spiro atoms. The van der Waals surface area contributed by atoms with E-state index in [2.05, 4.69) is 40.4 Å². The number of carbonyl (C=O) groups excluding carboxylic acids is 1. The van der Waals surface area contributed by atoms with Gasteiger partial charge in [-0.15, -0.1) is 0 Å². The van der Waals surface area contributed by atoms with E-state index in [0.717, 1.165) is 29.7 Å². The van der Waals surface area contributed by atoms with Gasteiger partial charge in [-0.1, -0.05) is 42.5 Å². The Labute approximate surface area is 182 Å². The molecule has 3 aromatic rings. The van der Waals surface area contributed by atoms with Gasteiger partial charge in [-0.2, -0.15) is 5.10 Å². The summed E-state index contributed by atoms with van der Waals surface area (Å²) in [7, 11) is 0. The van der Waals surface area contributed by atoms with Crippen LogP contribution < -0.4 is 4.74 Å². The van der Waals surface area contributed by atoms with Crippen LogP contribution in [-0.4, -0.2) is 51.9 Å². The topological polar surface area (TPSA) is 69.5 Å². The Morgan fingerprint density at radius 1 is 1.03 bits per heavy atom. The van der Waals surface area contributed by atoms with E-state index in [4.69, 9.17) is 9.47 Å². The molecule has 7 nitrogen and oxygen atoms in total. The number of aromatic nitrogens is 3. The maximum atomic E-state index is 12.9. The van der Waals surface area contributed by atoms with Gasteiger partial charge >= 0.3 is 0 Å². The molecule has 0 aliphatic carbocycles. The van der Waals surface area contributed by atoms with Gasteiger partial charge in [0.25, 0.3) is 0 Å². The van der Waals surface area contributed by atoms with Crippen molar-refractivity contribution in [2.75, 3.05) is 26.4 Å². The molecule has 0 N–H and O–H groups in total. The smallest absolute Gasteiger partial charge is 0.223 e.